The topological polar surface area (TPSA) is 29.1 Å². The number of benzene rings is 1. The second kappa shape index (κ2) is 7.58. The molecule has 1 aromatic rings. The van der Waals surface area contributed by atoms with Crippen LogP contribution in [0.25, 0.3) is 0 Å². The van der Waals surface area contributed by atoms with E-state index in [1.165, 1.54) is 0 Å². The van der Waals surface area contributed by atoms with Crippen LogP contribution in [0.5, 0.6) is 0 Å². The summed E-state index contributed by atoms with van der Waals surface area (Å²) in [5.41, 5.74) is -0.108. The third-order valence-electron chi connectivity index (χ3n) is 2.91. The van der Waals surface area contributed by atoms with Crippen molar-refractivity contribution < 1.29 is 13.6 Å². The number of carbonyl (C=O) groups excluding carboxylic acids is 1. The van der Waals surface area contributed by atoms with E-state index in [2.05, 4.69) is 21.2 Å². The average molecular weight is 334 g/mol. The lowest BCUT2D eigenvalue weighted by atomic mass is 9.97. The average Bonchev–Trinajstić information content (AvgIpc) is 2.35. The number of hydrogen-bond acceptors (Lipinski definition) is 1. The fraction of sp³-hybridized carbons (Fsp3) is 0.500. The van der Waals surface area contributed by atoms with Crippen LogP contribution < -0.4 is 5.32 Å². The van der Waals surface area contributed by atoms with Crippen molar-refractivity contribution in [3.8, 4) is 0 Å². The summed E-state index contributed by atoms with van der Waals surface area (Å²) in [6, 6.07) is 2.01. The minimum absolute atomic E-state index is 0.0432. The van der Waals surface area contributed by atoms with Crippen LogP contribution in [0.3, 0.4) is 0 Å². The summed E-state index contributed by atoms with van der Waals surface area (Å²) in [5, 5.41) is 2.47. The van der Waals surface area contributed by atoms with Gasteiger partial charge in [0.05, 0.1) is 10.2 Å². The van der Waals surface area contributed by atoms with E-state index in [9.17, 15) is 13.6 Å². The van der Waals surface area contributed by atoms with Crippen molar-refractivity contribution in [2.45, 2.75) is 39.5 Å². The Bertz CT molecular complexity index is 445. The van der Waals surface area contributed by atoms with E-state index in [1.54, 1.807) is 0 Å². The number of hydrogen-bond donors (Lipinski definition) is 1. The van der Waals surface area contributed by atoms with Crippen LogP contribution in [-0.4, -0.2) is 5.91 Å². The summed E-state index contributed by atoms with van der Waals surface area (Å²) >= 11 is 2.90. The number of carbonyl (C=O) groups is 1. The molecule has 1 rings (SSSR count). The van der Waals surface area contributed by atoms with Crippen molar-refractivity contribution >= 4 is 27.5 Å². The van der Waals surface area contributed by atoms with Crippen LogP contribution in [0.1, 0.15) is 39.5 Å². The third kappa shape index (κ3) is 4.56. The standard InChI is InChI=1S/C14H18BrF2NO/c1-3-5-9(6-4-2)14(19)18-13-8-11(16)10(15)7-12(13)17/h7-9H,3-6H2,1-2H3,(H,18,19). The fourth-order valence-corrected chi connectivity index (χ4v) is 2.27. The van der Waals surface area contributed by atoms with Gasteiger partial charge in [0.15, 0.2) is 0 Å². The van der Waals surface area contributed by atoms with Crippen molar-refractivity contribution in [3.05, 3.63) is 28.2 Å². The molecule has 0 aliphatic heterocycles. The minimum atomic E-state index is -0.645. The Morgan fingerprint density at radius 1 is 1.21 bits per heavy atom. The monoisotopic (exact) mass is 333 g/mol. The fourth-order valence-electron chi connectivity index (χ4n) is 1.96. The van der Waals surface area contributed by atoms with E-state index in [4.69, 9.17) is 0 Å². The molecule has 1 aromatic carbocycles. The van der Waals surface area contributed by atoms with Gasteiger partial charge in [-0.05, 0) is 34.8 Å². The summed E-state index contributed by atoms with van der Waals surface area (Å²) in [6.45, 7) is 3.99. The highest BCUT2D eigenvalue weighted by atomic mass is 79.9. The van der Waals surface area contributed by atoms with Crippen LogP contribution in [0, 0.1) is 17.6 Å². The lowest BCUT2D eigenvalue weighted by Gasteiger charge is -2.15. The first-order valence-corrected chi connectivity index (χ1v) is 7.24. The molecule has 0 aliphatic carbocycles. The van der Waals surface area contributed by atoms with E-state index in [0.29, 0.717) is 0 Å². The maximum Gasteiger partial charge on any atom is 0.227 e. The van der Waals surface area contributed by atoms with Crippen LogP contribution in [-0.2, 0) is 4.79 Å². The number of nitrogens with one attached hydrogen (secondary N) is 1. The largest absolute Gasteiger partial charge is 0.323 e. The summed E-state index contributed by atoms with van der Waals surface area (Å²) < 4.78 is 27.0. The predicted octanol–water partition coefficient (Wildman–Crippen LogP) is 4.88. The Morgan fingerprint density at radius 3 is 2.32 bits per heavy atom. The van der Waals surface area contributed by atoms with Gasteiger partial charge in [0.25, 0.3) is 0 Å². The van der Waals surface area contributed by atoms with Gasteiger partial charge in [0.2, 0.25) is 5.91 Å². The number of halogens is 3. The van der Waals surface area contributed by atoms with Gasteiger partial charge in [-0.3, -0.25) is 4.79 Å². The molecule has 0 bridgehead atoms. The molecule has 0 saturated heterocycles. The van der Waals surface area contributed by atoms with Crippen molar-refractivity contribution in [2.75, 3.05) is 5.32 Å². The Kier molecular flexibility index (Phi) is 6.42. The highest BCUT2D eigenvalue weighted by Gasteiger charge is 2.18. The third-order valence-corrected chi connectivity index (χ3v) is 3.52. The molecule has 0 heterocycles. The molecule has 0 saturated carbocycles. The Balaban J connectivity index is 2.83. The van der Waals surface area contributed by atoms with Gasteiger partial charge in [-0.1, -0.05) is 26.7 Å². The SMILES string of the molecule is CCCC(CCC)C(=O)Nc1cc(F)c(Br)cc1F. The first-order chi connectivity index (χ1) is 8.99. The summed E-state index contributed by atoms with van der Waals surface area (Å²) in [5.74, 6) is -1.64. The quantitative estimate of drug-likeness (QED) is 0.738. The van der Waals surface area contributed by atoms with Crippen molar-refractivity contribution in [3.63, 3.8) is 0 Å². The molecule has 0 atom stereocenters. The molecular formula is C14H18BrF2NO. The zero-order chi connectivity index (χ0) is 14.4. The molecule has 2 nitrogen and oxygen atoms in total. The van der Waals surface area contributed by atoms with Crippen LogP contribution in [0.2, 0.25) is 0 Å². The van der Waals surface area contributed by atoms with Gasteiger partial charge in [-0.2, -0.15) is 0 Å². The van der Waals surface area contributed by atoms with Gasteiger partial charge in [0.1, 0.15) is 11.6 Å². The number of rotatable bonds is 6. The van der Waals surface area contributed by atoms with Crippen LogP contribution in [0.15, 0.2) is 16.6 Å². The molecule has 0 spiro atoms. The molecule has 0 radical (unpaired) electrons. The molecule has 1 N–H and O–H groups in total. The van der Waals surface area contributed by atoms with E-state index < -0.39 is 11.6 Å². The normalized spacial score (nSPS) is 10.8. The molecular weight excluding hydrogens is 316 g/mol. The second-order valence-electron chi connectivity index (χ2n) is 4.51. The van der Waals surface area contributed by atoms with E-state index in [1.807, 2.05) is 13.8 Å². The molecule has 0 unspecified atom stereocenters. The Labute approximate surface area is 120 Å². The van der Waals surface area contributed by atoms with Gasteiger partial charge in [-0.25, -0.2) is 8.78 Å². The van der Waals surface area contributed by atoms with E-state index in [0.717, 1.165) is 37.8 Å². The van der Waals surface area contributed by atoms with Crippen LogP contribution in [0.4, 0.5) is 14.5 Å². The minimum Gasteiger partial charge on any atom is -0.323 e. The lowest BCUT2D eigenvalue weighted by Crippen LogP contribution is -2.23. The lowest BCUT2D eigenvalue weighted by molar-refractivity contribution is -0.120. The predicted molar refractivity (Wildman–Crippen MR) is 76.0 cm³/mol. The highest BCUT2D eigenvalue weighted by molar-refractivity contribution is 9.10. The van der Waals surface area contributed by atoms with Gasteiger partial charge < -0.3 is 5.32 Å². The molecule has 0 aliphatic rings. The van der Waals surface area contributed by atoms with E-state index >= 15 is 0 Å². The summed E-state index contributed by atoms with van der Waals surface area (Å²) in [7, 11) is 0. The van der Waals surface area contributed by atoms with E-state index in [-0.39, 0.29) is 22.0 Å². The Hall–Kier alpha value is -0.970. The molecule has 106 valence electrons. The Morgan fingerprint density at radius 2 is 1.79 bits per heavy atom. The van der Waals surface area contributed by atoms with Crippen molar-refractivity contribution in [1.29, 1.82) is 0 Å². The van der Waals surface area contributed by atoms with Gasteiger partial charge in [-0.15, -0.1) is 0 Å². The molecule has 0 fully saturated rings. The molecule has 1 amide bonds. The highest BCUT2D eigenvalue weighted by Crippen LogP contribution is 2.24. The van der Waals surface area contributed by atoms with Crippen LogP contribution >= 0.6 is 15.9 Å². The first-order valence-electron chi connectivity index (χ1n) is 6.45. The molecule has 5 heteroatoms. The smallest absolute Gasteiger partial charge is 0.227 e. The zero-order valence-electron chi connectivity index (χ0n) is 11.1. The number of anilines is 1. The molecule has 0 aromatic heterocycles. The second-order valence-corrected chi connectivity index (χ2v) is 5.36. The molecule has 19 heavy (non-hydrogen) atoms. The maximum absolute atomic E-state index is 13.6. The number of amides is 1. The maximum atomic E-state index is 13.6. The van der Waals surface area contributed by atoms with Gasteiger partial charge >= 0.3 is 0 Å². The zero-order valence-corrected chi connectivity index (χ0v) is 12.7. The first kappa shape index (κ1) is 16.1. The summed E-state index contributed by atoms with van der Waals surface area (Å²) in [6.07, 6.45) is 3.27. The van der Waals surface area contributed by atoms with Crippen molar-refractivity contribution in [2.24, 2.45) is 5.92 Å². The van der Waals surface area contributed by atoms with Crippen molar-refractivity contribution in [1.82, 2.24) is 0 Å². The summed E-state index contributed by atoms with van der Waals surface area (Å²) in [4.78, 5) is 12.0. The van der Waals surface area contributed by atoms with Gasteiger partial charge in [0, 0.05) is 12.0 Å².